The molecule has 1 N–H and O–H groups in total. The maximum Gasteiger partial charge on any atom is 0.358 e. The van der Waals surface area contributed by atoms with Crippen molar-refractivity contribution in [3.05, 3.63) is 11.4 Å². The van der Waals surface area contributed by atoms with E-state index in [1.54, 1.807) is 6.92 Å². The zero-order chi connectivity index (χ0) is 15.6. The molecule has 0 aliphatic carbocycles. The van der Waals surface area contributed by atoms with Gasteiger partial charge in [-0.3, -0.25) is 0 Å². The molecule has 0 unspecified atom stereocenters. The van der Waals surface area contributed by atoms with Gasteiger partial charge in [-0.05, 0) is 6.42 Å². The number of carboxylic acids is 1. The van der Waals surface area contributed by atoms with Crippen LogP contribution < -0.4 is 0 Å². The SMILES string of the molecule is CCCS(=O)(=O)CCn1nnc(C(=O)O)c1C(C)(C)C. The van der Waals surface area contributed by atoms with Crippen LogP contribution in [0.1, 0.15) is 50.3 Å². The molecule has 1 rings (SSSR count). The van der Waals surface area contributed by atoms with E-state index >= 15 is 0 Å². The number of hydrogen-bond donors (Lipinski definition) is 1. The third kappa shape index (κ3) is 4.03. The molecule has 0 amide bonds. The van der Waals surface area contributed by atoms with Gasteiger partial charge in [0.1, 0.15) is 0 Å². The van der Waals surface area contributed by atoms with Crippen LogP contribution in [0.5, 0.6) is 0 Å². The highest BCUT2D eigenvalue weighted by atomic mass is 32.2. The van der Waals surface area contributed by atoms with Crippen molar-refractivity contribution in [3.8, 4) is 0 Å². The van der Waals surface area contributed by atoms with Crippen molar-refractivity contribution in [1.82, 2.24) is 15.0 Å². The number of carboxylic acid groups (broad SMARTS) is 1. The first kappa shape index (κ1) is 16.6. The van der Waals surface area contributed by atoms with Gasteiger partial charge in [0.2, 0.25) is 0 Å². The normalized spacial score (nSPS) is 12.6. The fourth-order valence-electron chi connectivity index (χ4n) is 1.99. The number of rotatable bonds is 6. The summed E-state index contributed by atoms with van der Waals surface area (Å²) in [6.07, 6.45) is 0.562. The Morgan fingerprint density at radius 2 is 1.90 bits per heavy atom. The smallest absolute Gasteiger partial charge is 0.358 e. The summed E-state index contributed by atoms with van der Waals surface area (Å²) < 4.78 is 24.8. The van der Waals surface area contributed by atoms with Gasteiger partial charge >= 0.3 is 5.97 Å². The molecule has 0 saturated carbocycles. The molecule has 0 aromatic carbocycles. The van der Waals surface area contributed by atoms with E-state index in [0.29, 0.717) is 12.1 Å². The van der Waals surface area contributed by atoms with E-state index in [-0.39, 0.29) is 23.7 Å². The summed E-state index contributed by atoms with van der Waals surface area (Å²) in [5.74, 6) is -1.09. The highest BCUT2D eigenvalue weighted by Crippen LogP contribution is 2.24. The zero-order valence-corrected chi connectivity index (χ0v) is 13.1. The molecule has 0 atom stereocenters. The first-order chi connectivity index (χ1) is 9.08. The standard InChI is InChI=1S/C12H21N3O4S/c1-5-7-20(18,19)8-6-15-10(12(2,3)4)9(11(16)17)13-14-15/h5-8H2,1-4H3,(H,16,17). The number of hydrogen-bond acceptors (Lipinski definition) is 5. The Bertz CT molecular complexity index is 584. The van der Waals surface area contributed by atoms with E-state index < -0.39 is 21.2 Å². The minimum absolute atomic E-state index is 0.0632. The lowest BCUT2D eigenvalue weighted by Gasteiger charge is -2.20. The predicted octanol–water partition coefficient (Wildman–Crippen LogP) is 1.10. The fraction of sp³-hybridized carbons (Fsp3) is 0.750. The first-order valence-corrected chi connectivity index (χ1v) is 8.28. The highest BCUT2D eigenvalue weighted by Gasteiger charge is 2.29. The summed E-state index contributed by atoms with van der Waals surface area (Å²) in [7, 11) is -3.14. The molecule has 0 spiro atoms. The molecule has 0 saturated heterocycles. The average molecular weight is 303 g/mol. The van der Waals surface area contributed by atoms with Gasteiger partial charge in [0.15, 0.2) is 15.5 Å². The number of sulfone groups is 1. The molecular formula is C12H21N3O4S. The lowest BCUT2D eigenvalue weighted by atomic mass is 9.90. The van der Waals surface area contributed by atoms with Crippen molar-refractivity contribution in [2.45, 2.75) is 46.1 Å². The lowest BCUT2D eigenvalue weighted by Crippen LogP contribution is -2.24. The number of aromatic nitrogens is 3. The van der Waals surface area contributed by atoms with E-state index in [9.17, 15) is 13.2 Å². The molecule has 8 heteroatoms. The molecule has 0 bridgehead atoms. The van der Waals surface area contributed by atoms with Gasteiger partial charge in [-0.25, -0.2) is 17.9 Å². The maximum absolute atomic E-state index is 11.7. The second-order valence-electron chi connectivity index (χ2n) is 5.72. The minimum atomic E-state index is -3.14. The second kappa shape index (κ2) is 5.90. The molecule has 0 aliphatic heterocycles. The molecular weight excluding hydrogens is 282 g/mol. The van der Waals surface area contributed by atoms with Gasteiger partial charge in [-0.2, -0.15) is 0 Å². The first-order valence-electron chi connectivity index (χ1n) is 6.46. The summed E-state index contributed by atoms with van der Waals surface area (Å²) in [5.41, 5.74) is -0.159. The van der Waals surface area contributed by atoms with Gasteiger partial charge in [-0.15, -0.1) is 5.10 Å². The van der Waals surface area contributed by atoms with Crippen LogP contribution in [-0.4, -0.2) is 46.0 Å². The average Bonchev–Trinajstić information content (AvgIpc) is 2.69. The van der Waals surface area contributed by atoms with Crippen LogP contribution in [0.25, 0.3) is 0 Å². The van der Waals surface area contributed by atoms with Gasteiger partial charge in [0.25, 0.3) is 0 Å². The summed E-state index contributed by atoms with van der Waals surface area (Å²) in [6.45, 7) is 7.45. The van der Waals surface area contributed by atoms with Crippen LogP contribution in [0.3, 0.4) is 0 Å². The summed E-state index contributed by atoms with van der Waals surface area (Å²) in [4.78, 5) is 11.2. The van der Waals surface area contributed by atoms with Gasteiger partial charge in [-0.1, -0.05) is 32.9 Å². The summed E-state index contributed by atoms with van der Waals surface area (Å²) >= 11 is 0. The molecule has 1 aromatic heterocycles. The van der Waals surface area contributed by atoms with Crippen molar-refractivity contribution in [2.24, 2.45) is 0 Å². The predicted molar refractivity (Wildman–Crippen MR) is 74.6 cm³/mol. The summed E-state index contributed by atoms with van der Waals surface area (Å²) in [6, 6.07) is 0. The van der Waals surface area contributed by atoms with E-state index in [2.05, 4.69) is 10.3 Å². The molecule has 20 heavy (non-hydrogen) atoms. The van der Waals surface area contributed by atoms with E-state index in [0.717, 1.165) is 0 Å². The molecule has 0 radical (unpaired) electrons. The molecule has 1 aromatic rings. The second-order valence-corrected chi connectivity index (χ2v) is 8.02. The zero-order valence-electron chi connectivity index (χ0n) is 12.3. The van der Waals surface area contributed by atoms with Crippen molar-refractivity contribution >= 4 is 15.8 Å². The quantitative estimate of drug-likeness (QED) is 0.844. The van der Waals surface area contributed by atoms with Crippen molar-refractivity contribution in [2.75, 3.05) is 11.5 Å². The number of carbonyl (C=O) groups is 1. The molecule has 7 nitrogen and oxygen atoms in total. The van der Waals surface area contributed by atoms with Crippen LogP contribution in [-0.2, 0) is 21.8 Å². The van der Waals surface area contributed by atoms with Crippen LogP contribution in [0.15, 0.2) is 0 Å². The Morgan fingerprint density at radius 1 is 1.30 bits per heavy atom. The molecule has 0 fully saturated rings. The van der Waals surface area contributed by atoms with Gasteiger partial charge in [0.05, 0.1) is 18.0 Å². The van der Waals surface area contributed by atoms with Gasteiger partial charge < -0.3 is 5.11 Å². The van der Waals surface area contributed by atoms with E-state index in [1.807, 2.05) is 20.8 Å². The monoisotopic (exact) mass is 303 g/mol. The van der Waals surface area contributed by atoms with Crippen LogP contribution in [0.2, 0.25) is 0 Å². The number of aromatic carboxylic acids is 1. The Hall–Kier alpha value is -1.44. The fourth-order valence-corrected chi connectivity index (χ4v) is 3.27. The number of nitrogens with zero attached hydrogens (tertiary/aromatic N) is 3. The van der Waals surface area contributed by atoms with Crippen LogP contribution in [0, 0.1) is 0 Å². The Kier molecular flexibility index (Phi) is 4.90. The Balaban J connectivity index is 3.06. The maximum atomic E-state index is 11.7. The lowest BCUT2D eigenvalue weighted by molar-refractivity contribution is 0.0687. The van der Waals surface area contributed by atoms with Gasteiger partial charge in [0, 0.05) is 11.2 Å². The third-order valence-corrected chi connectivity index (χ3v) is 4.61. The van der Waals surface area contributed by atoms with E-state index in [4.69, 9.17) is 5.11 Å². The third-order valence-electron chi connectivity index (χ3n) is 2.78. The van der Waals surface area contributed by atoms with Crippen LogP contribution >= 0.6 is 0 Å². The largest absolute Gasteiger partial charge is 0.476 e. The minimum Gasteiger partial charge on any atom is -0.476 e. The topological polar surface area (TPSA) is 102 Å². The van der Waals surface area contributed by atoms with Crippen molar-refractivity contribution < 1.29 is 18.3 Å². The van der Waals surface area contributed by atoms with Crippen molar-refractivity contribution in [3.63, 3.8) is 0 Å². The molecule has 114 valence electrons. The Labute approximate surface area is 118 Å². The number of aryl methyl sites for hydroxylation is 1. The van der Waals surface area contributed by atoms with E-state index in [1.165, 1.54) is 4.68 Å². The molecule has 0 aliphatic rings. The Morgan fingerprint density at radius 3 is 2.35 bits per heavy atom. The van der Waals surface area contributed by atoms with Crippen molar-refractivity contribution in [1.29, 1.82) is 0 Å². The molecule has 1 heterocycles. The summed E-state index contributed by atoms with van der Waals surface area (Å²) in [5, 5.41) is 16.6. The highest BCUT2D eigenvalue weighted by molar-refractivity contribution is 7.91. The van der Waals surface area contributed by atoms with Crippen LogP contribution in [0.4, 0.5) is 0 Å².